The first-order valence-electron chi connectivity index (χ1n) is 14.2. The third-order valence-corrected chi connectivity index (χ3v) is 8.08. The monoisotopic (exact) mass is 609 g/mol. The zero-order valence-corrected chi connectivity index (χ0v) is 24.6. The smallest absolute Gasteiger partial charge is 0.258 e. The zero-order valence-electron chi connectivity index (χ0n) is 23.9. The number of nitrogens with one attached hydrogen (secondary N) is 2. The molecule has 0 radical (unpaired) electrons. The summed E-state index contributed by atoms with van der Waals surface area (Å²) in [7, 11) is 2.13. The normalized spacial score (nSPS) is 16.6. The minimum atomic E-state index is -0.745. The van der Waals surface area contributed by atoms with Gasteiger partial charge in [-0.15, -0.1) is 0 Å². The van der Waals surface area contributed by atoms with Crippen LogP contribution in [0.4, 0.5) is 27.1 Å². The molecule has 0 saturated carbocycles. The van der Waals surface area contributed by atoms with E-state index in [9.17, 15) is 18.8 Å². The highest BCUT2D eigenvalue weighted by atomic mass is 35.5. The van der Waals surface area contributed by atoms with Crippen LogP contribution < -0.4 is 15.5 Å². The molecular weight excluding hydrogens is 581 g/mol. The fourth-order valence-electron chi connectivity index (χ4n) is 5.33. The van der Waals surface area contributed by atoms with Gasteiger partial charge in [-0.1, -0.05) is 35.9 Å². The van der Waals surface area contributed by atoms with Crippen LogP contribution in [0.15, 0.2) is 89.9 Å². The second kappa shape index (κ2) is 12.4. The van der Waals surface area contributed by atoms with Gasteiger partial charge in [0.25, 0.3) is 5.91 Å². The van der Waals surface area contributed by atoms with Gasteiger partial charge in [-0.2, -0.15) is 0 Å². The van der Waals surface area contributed by atoms with Crippen LogP contribution in [0.5, 0.6) is 0 Å². The largest absolute Gasteiger partial charge is 0.369 e. The van der Waals surface area contributed by atoms with Crippen molar-refractivity contribution in [2.24, 2.45) is 4.99 Å². The van der Waals surface area contributed by atoms with Crippen LogP contribution in [0.25, 0.3) is 0 Å². The molecule has 6 rings (SSSR count). The summed E-state index contributed by atoms with van der Waals surface area (Å²) in [6, 6.07) is 23.2. The van der Waals surface area contributed by atoms with Crippen molar-refractivity contribution in [1.29, 1.82) is 0 Å². The number of hydrogen-bond donors (Lipinski definition) is 2. The van der Waals surface area contributed by atoms with Crippen molar-refractivity contribution in [2.75, 3.05) is 48.8 Å². The summed E-state index contributed by atoms with van der Waals surface area (Å²) < 4.78 is 14.2. The van der Waals surface area contributed by atoms with E-state index in [1.165, 1.54) is 18.2 Å². The number of benzene rings is 4. The van der Waals surface area contributed by atoms with Crippen LogP contribution in [0, 0.1) is 5.82 Å². The molecule has 1 unspecified atom stereocenters. The van der Waals surface area contributed by atoms with Crippen molar-refractivity contribution in [3.63, 3.8) is 0 Å². The van der Waals surface area contributed by atoms with E-state index >= 15 is 0 Å². The molecule has 0 aliphatic carbocycles. The summed E-state index contributed by atoms with van der Waals surface area (Å²) in [5.41, 5.74) is 4.04. The molecule has 2 heterocycles. The van der Waals surface area contributed by atoms with Crippen molar-refractivity contribution in [1.82, 2.24) is 4.90 Å². The number of rotatable bonds is 7. The van der Waals surface area contributed by atoms with Gasteiger partial charge in [-0.3, -0.25) is 19.4 Å². The lowest BCUT2D eigenvalue weighted by molar-refractivity contribution is -0.115. The molecule has 4 aromatic carbocycles. The fraction of sp³-hybridized carbons (Fsp3) is 0.176. The number of piperazine rings is 1. The van der Waals surface area contributed by atoms with Gasteiger partial charge in [-0.05, 0) is 73.3 Å². The maximum Gasteiger partial charge on any atom is 0.258 e. The van der Waals surface area contributed by atoms with E-state index in [4.69, 9.17) is 11.6 Å². The Labute approximate surface area is 259 Å². The minimum absolute atomic E-state index is 0.166. The first-order valence-corrected chi connectivity index (χ1v) is 14.6. The van der Waals surface area contributed by atoms with E-state index in [1.807, 2.05) is 12.1 Å². The number of aliphatic imine (C=N–C) groups is 1. The Morgan fingerprint density at radius 2 is 1.70 bits per heavy atom. The number of hydrogen-bond acceptors (Lipinski definition) is 6. The molecule has 2 amide bonds. The first kappa shape index (κ1) is 29.2. The SMILES string of the molecule is CN1CCN(c2ccc(N=CC3C(=O)Nc4cc(C(=O)c5cccc(NC(=O)c6ccc(Cl)cc6F)c5)ccc43)cc2)CC1. The zero-order chi connectivity index (χ0) is 30.8. The van der Waals surface area contributed by atoms with Crippen LogP contribution >= 0.6 is 11.6 Å². The molecule has 0 aromatic heterocycles. The highest BCUT2D eigenvalue weighted by molar-refractivity contribution is 6.30. The second-order valence-corrected chi connectivity index (χ2v) is 11.3. The van der Waals surface area contributed by atoms with Crippen LogP contribution in [0.1, 0.15) is 37.8 Å². The number of ketones is 1. The molecule has 2 aliphatic rings. The minimum Gasteiger partial charge on any atom is -0.369 e. The third kappa shape index (κ3) is 6.24. The van der Waals surface area contributed by atoms with Crippen LogP contribution in [-0.4, -0.2) is 61.9 Å². The van der Waals surface area contributed by atoms with Crippen LogP contribution in [-0.2, 0) is 4.79 Å². The standard InChI is InChI=1S/C34H29ClFN5O3/c1-40-13-15-41(16-14-40)26-9-7-24(8-10-26)37-20-29-27-11-5-22(18-31(27)39-34(29)44)32(42)21-3-2-4-25(17-21)38-33(43)28-12-6-23(35)19-30(28)36/h2-12,17-20,29H,13-16H2,1H3,(H,38,43)(H,39,44). The number of carbonyl (C=O) groups excluding carboxylic acids is 3. The lowest BCUT2D eigenvalue weighted by Gasteiger charge is -2.34. The van der Waals surface area contributed by atoms with Gasteiger partial charge in [0.2, 0.25) is 5.91 Å². The van der Waals surface area contributed by atoms with Gasteiger partial charge in [0.1, 0.15) is 11.7 Å². The first-order chi connectivity index (χ1) is 21.2. The molecular formula is C34H29ClFN5O3. The number of carbonyl (C=O) groups is 3. The van der Waals surface area contributed by atoms with E-state index < -0.39 is 17.6 Å². The van der Waals surface area contributed by atoms with Gasteiger partial charge in [0, 0.05) is 65.6 Å². The highest BCUT2D eigenvalue weighted by Crippen LogP contribution is 2.33. The maximum atomic E-state index is 14.2. The Hall–Kier alpha value is -4.86. The number of nitrogens with zero attached hydrogens (tertiary/aromatic N) is 3. The molecule has 0 bridgehead atoms. The Morgan fingerprint density at radius 1 is 0.955 bits per heavy atom. The van der Waals surface area contributed by atoms with Gasteiger partial charge < -0.3 is 20.4 Å². The molecule has 8 nitrogen and oxygen atoms in total. The highest BCUT2D eigenvalue weighted by Gasteiger charge is 2.30. The van der Waals surface area contributed by atoms with Crippen molar-refractivity contribution in [3.05, 3.63) is 118 Å². The topological polar surface area (TPSA) is 94.1 Å². The van der Waals surface area contributed by atoms with Gasteiger partial charge in [0.15, 0.2) is 5.78 Å². The molecule has 4 aromatic rings. The molecule has 44 heavy (non-hydrogen) atoms. The summed E-state index contributed by atoms with van der Waals surface area (Å²) in [6.45, 7) is 4.02. The number of anilines is 3. The summed E-state index contributed by atoms with van der Waals surface area (Å²) in [4.78, 5) is 48.0. The molecule has 10 heteroatoms. The Balaban J connectivity index is 1.14. The second-order valence-electron chi connectivity index (χ2n) is 10.8. The van der Waals surface area contributed by atoms with Gasteiger partial charge in [0.05, 0.1) is 11.3 Å². The summed E-state index contributed by atoms with van der Waals surface area (Å²) in [6.07, 6.45) is 1.63. The molecule has 222 valence electrons. The summed E-state index contributed by atoms with van der Waals surface area (Å²) in [5.74, 6) is -2.51. The summed E-state index contributed by atoms with van der Waals surface area (Å²) >= 11 is 5.78. The van der Waals surface area contributed by atoms with Crippen molar-refractivity contribution >= 4 is 58.2 Å². The Bertz CT molecular complexity index is 1780. The molecule has 1 atom stereocenters. The molecule has 2 N–H and O–H groups in total. The maximum absolute atomic E-state index is 14.2. The van der Waals surface area contributed by atoms with E-state index in [-0.39, 0.29) is 22.3 Å². The number of fused-ring (bicyclic) bond motifs is 1. The Kier molecular flexibility index (Phi) is 8.23. The predicted molar refractivity (Wildman–Crippen MR) is 171 cm³/mol. The Morgan fingerprint density at radius 3 is 2.45 bits per heavy atom. The van der Waals surface area contributed by atoms with Crippen molar-refractivity contribution in [2.45, 2.75) is 5.92 Å². The number of amides is 2. The van der Waals surface area contributed by atoms with E-state index in [0.29, 0.717) is 22.5 Å². The average Bonchev–Trinajstić information content (AvgIpc) is 3.34. The van der Waals surface area contributed by atoms with E-state index in [2.05, 4.69) is 44.6 Å². The quantitative estimate of drug-likeness (QED) is 0.194. The van der Waals surface area contributed by atoms with Gasteiger partial charge >= 0.3 is 0 Å². The fourth-order valence-corrected chi connectivity index (χ4v) is 5.49. The van der Waals surface area contributed by atoms with Crippen molar-refractivity contribution < 1.29 is 18.8 Å². The van der Waals surface area contributed by atoms with Crippen LogP contribution in [0.3, 0.4) is 0 Å². The van der Waals surface area contributed by atoms with E-state index in [0.717, 1.165) is 49.2 Å². The van der Waals surface area contributed by atoms with Crippen molar-refractivity contribution in [3.8, 4) is 0 Å². The summed E-state index contributed by atoms with van der Waals surface area (Å²) in [5, 5.41) is 5.66. The molecule has 1 saturated heterocycles. The van der Waals surface area contributed by atoms with E-state index in [1.54, 1.807) is 42.6 Å². The predicted octanol–water partition coefficient (Wildman–Crippen LogP) is 6.15. The molecule has 1 fully saturated rings. The molecule has 2 aliphatic heterocycles. The van der Waals surface area contributed by atoms with Gasteiger partial charge in [-0.25, -0.2) is 4.39 Å². The number of halogens is 2. The lowest BCUT2D eigenvalue weighted by atomic mass is 9.97. The number of likely N-dealkylation sites (N-methyl/N-ethyl adjacent to an activating group) is 1. The molecule has 0 spiro atoms. The third-order valence-electron chi connectivity index (χ3n) is 7.84. The average molecular weight is 610 g/mol. The lowest BCUT2D eigenvalue weighted by Crippen LogP contribution is -2.44. The van der Waals surface area contributed by atoms with Crippen LogP contribution in [0.2, 0.25) is 5.02 Å².